The van der Waals surface area contributed by atoms with E-state index < -0.39 is 0 Å². The largest absolute Gasteiger partial charge is 0.497 e. The average Bonchev–Trinajstić information content (AvgIpc) is 2.87. The molecule has 0 fully saturated rings. The standard InChI is InChI=1S/C17H20N2O3/c1-5-16(13-6-8-14(21-4)9-7-13)18-19-17(20)15-10-11(2)22-12(15)3/h6-10H,5H2,1-4H3,(H,19,20)/b18-16-. The Morgan fingerprint density at radius 1 is 1.27 bits per heavy atom. The highest BCUT2D eigenvalue weighted by molar-refractivity contribution is 6.02. The van der Waals surface area contributed by atoms with Crippen molar-refractivity contribution in [1.82, 2.24) is 5.43 Å². The number of furan rings is 1. The molecule has 2 aromatic rings. The van der Waals surface area contributed by atoms with Crippen LogP contribution in [0.3, 0.4) is 0 Å². The van der Waals surface area contributed by atoms with Crippen molar-refractivity contribution in [3.63, 3.8) is 0 Å². The van der Waals surface area contributed by atoms with E-state index in [-0.39, 0.29) is 5.91 Å². The molecule has 0 unspecified atom stereocenters. The molecule has 1 amide bonds. The fraction of sp³-hybridized carbons (Fsp3) is 0.294. The second-order valence-corrected chi connectivity index (χ2v) is 4.91. The summed E-state index contributed by atoms with van der Waals surface area (Å²) in [5.74, 6) is 1.81. The molecule has 5 heteroatoms. The van der Waals surface area contributed by atoms with E-state index in [2.05, 4.69) is 10.5 Å². The van der Waals surface area contributed by atoms with E-state index in [1.165, 1.54) is 0 Å². The molecule has 1 aromatic carbocycles. The highest BCUT2D eigenvalue weighted by Crippen LogP contribution is 2.15. The number of aryl methyl sites for hydroxylation is 2. The lowest BCUT2D eigenvalue weighted by Gasteiger charge is -2.06. The summed E-state index contributed by atoms with van der Waals surface area (Å²) in [7, 11) is 1.62. The molecule has 0 atom stereocenters. The van der Waals surface area contributed by atoms with E-state index in [0.29, 0.717) is 23.5 Å². The Bertz CT molecular complexity index is 684. The van der Waals surface area contributed by atoms with E-state index in [0.717, 1.165) is 17.0 Å². The van der Waals surface area contributed by atoms with Gasteiger partial charge in [0.1, 0.15) is 17.3 Å². The zero-order valence-electron chi connectivity index (χ0n) is 13.3. The molecule has 0 saturated carbocycles. The third kappa shape index (κ3) is 3.55. The number of carbonyl (C=O) groups excluding carboxylic acids is 1. The topological polar surface area (TPSA) is 63.8 Å². The molecule has 5 nitrogen and oxygen atoms in total. The fourth-order valence-electron chi connectivity index (χ4n) is 2.17. The summed E-state index contributed by atoms with van der Waals surface area (Å²) in [6, 6.07) is 9.28. The minimum Gasteiger partial charge on any atom is -0.497 e. The lowest BCUT2D eigenvalue weighted by Crippen LogP contribution is -2.20. The van der Waals surface area contributed by atoms with Gasteiger partial charge in [0.25, 0.3) is 5.91 Å². The van der Waals surface area contributed by atoms with Crippen molar-refractivity contribution in [3.8, 4) is 5.75 Å². The lowest BCUT2D eigenvalue weighted by atomic mass is 10.1. The van der Waals surface area contributed by atoms with Crippen molar-refractivity contribution in [2.45, 2.75) is 27.2 Å². The summed E-state index contributed by atoms with van der Waals surface area (Å²) >= 11 is 0. The number of amides is 1. The molecule has 0 saturated heterocycles. The molecule has 0 aliphatic heterocycles. The van der Waals surface area contributed by atoms with Crippen molar-refractivity contribution in [2.75, 3.05) is 7.11 Å². The molecule has 0 radical (unpaired) electrons. The van der Waals surface area contributed by atoms with Crippen LogP contribution in [0.4, 0.5) is 0 Å². The molecule has 116 valence electrons. The van der Waals surface area contributed by atoms with Gasteiger partial charge in [-0.1, -0.05) is 6.92 Å². The maximum absolute atomic E-state index is 12.1. The van der Waals surface area contributed by atoms with Gasteiger partial charge in [-0.05, 0) is 56.2 Å². The second kappa shape index (κ2) is 6.93. The number of methoxy groups -OCH3 is 1. The third-order valence-corrected chi connectivity index (χ3v) is 3.34. The van der Waals surface area contributed by atoms with Crippen molar-refractivity contribution >= 4 is 11.6 Å². The number of nitrogens with zero attached hydrogens (tertiary/aromatic N) is 1. The van der Waals surface area contributed by atoms with Crippen molar-refractivity contribution in [3.05, 3.63) is 53.0 Å². The first-order valence-electron chi connectivity index (χ1n) is 7.13. The Morgan fingerprint density at radius 3 is 2.45 bits per heavy atom. The monoisotopic (exact) mass is 300 g/mol. The van der Waals surface area contributed by atoms with Gasteiger partial charge in [0.05, 0.1) is 18.4 Å². The Hall–Kier alpha value is -2.56. The summed E-state index contributed by atoms with van der Waals surface area (Å²) < 4.78 is 10.5. The van der Waals surface area contributed by atoms with Gasteiger partial charge in [-0.15, -0.1) is 0 Å². The summed E-state index contributed by atoms with van der Waals surface area (Å²) in [6.45, 7) is 5.56. The van der Waals surface area contributed by atoms with E-state index in [4.69, 9.17) is 9.15 Å². The van der Waals surface area contributed by atoms with Crippen LogP contribution in [0.25, 0.3) is 0 Å². The number of hydrazone groups is 1. The van der Waals surface area contributed by atoms with Crippen LogP contribution in [0.15, 0.2) is 39.9 Å². The normalized spacial score (nSPS) is 11.4. The summed E-state index contributed by atoms with van der Waals surface area (Å²) in [6.07, 6.45) is 0.704. The lowest BCUT2D eigenvalue weighted by molar-refractivity contribution is 0.0953. The molecule has 0 aliphatic carbocycles. The Morgan fingerprint density at radius 2 is 1.95 bits per heavy atom. The van der Waals surface area contributed by atoms with Crippen LogP contribution in [-0.2, 0) is 0 Å². The SMILES string of the molecule is CC/C(=N/NC(=O)c1cc(C)oc1C)c1ccc(OC)cc1. The predicted octanol–water partition coefficient (Wildman–Crippen LogP) is 3.45. The summed E-state index contributed by atoms with van der Waals surface area (Å²) in [5.41, 5.74) is 4.84. The number of nitrogens with one attached hydrogen (secondary N) is 1. The van der Waals surface area contributed by atoms with Crippen molar-refractivity contribution < 1.29 is 13.9 Å². The summed E-state index contributed by atoms with van der Waals surface area (Å²) in [4.78, 5) is 12.1. The average molecular weight is 300 g/mol. The fourth-order valence-corrected chi connectivity index (χ4v) is 2.17. The van der Waals surface area contributed by atoms with Gasteiger partial charge < -0.3 is 9.15 Å². The zero-order valence-corrected chi connectivity index (χ0v) is 13.3. The first kappa shape index (κ1) is 15.8. The third-order valence-electron chi connectivity index (χ3n) is 3.34. The number of benzene rings is 1. The van der Waals surface area contributed by atoms with Gasteiger partial charge in [0.2, 0.25) is 0 Å². The zero-order chi connectivity index (χ0) is 16.1. The van der Waals surface area contributed by atoms with Crippen LogP contribution >= 0.6 is 0 Å². The number of ether oxygens (including phenoxy) is 1. The molecule has 1 N–H and O–H groups in total. The summed E-state index contributed by atoms with van der Waals surface area (Å²) in [5, 5.41) is 4.23. The molecule has 1 heterocycles. The Kier molecular flexibility index (Phi) is 4.99. The predicted molar refractivity (Wildman–Crippen MR) is 85.5 cm³/mol. The molecule has 1 aromatic heterocycles. The molecule has 0 spiro atoms. The van der Waals surface area contributed by atoms with Gasteiger partial charge in [-0.25, -0.2) is 5.43 Å². The van der Waals surface area contributed by atoms with Gasteiger partial charge in [-0.2, -0.15) is 5.10 Å². The van der Waals surface area contributed by atoms with Crippen LogP contribution < -0.4 is 10.2 Å². The van der Waals surface area contributed by atoms with Gasteiger partial charge in [-0.3, -0.25) is 4.79 Å². The van der Waals surface area contributed by atoms with E-state index in [9.17, 15) is 4.79 Å². The van der Waals surface area contributed by atoms with Crippen LogP contribution in [0.2, 0.25) is 0 Å². The minimum absolute atomic E-state index is 0.270. The number of hydrogen-bond donors (Lipinski definition) is 1. The molecule has 0 aliphatic rings. The highest BCUT2D eigenvalue weighted by Gasteiger charge is 2.13. The van der Waals surface area contributed by atoms with Crippen molar-refractivity contribution in [2.24, 2.45) is 5.10 Å². The van der Waals surface area contributed by atoms with Crippen LogP contribution in [0.1, 0.15) is 40.8 Å². The number of hydrogen-bond acceptors (Lipinski definition) is 4. The quantitative estimate of drug-likeness (QED) is 0.679. The number of rotatable bonds is 5. The molecule has 0 bridgehead atoms. The molecule has 22 heavy (non-hydrogen) atoms. The minimum atomic E-state index is -0.270. The molecular weight excluding hydrogens is 280 g/mol. The molecule has 2 rings (SSSR count). The van der Waals surface area contributed by atoms with Crippen LogP contribution in [-0.4, -0.2) is 18.7 Å². The maximum Gasteiger partial charge on any atom is 0.274 e. The number of carbonyl (C=O) groups is 1. The smallest absolute Gasteiger partial charge is 0.274 e. The van der Waals surface area contributed by atoms with Gasteiger partial charge in [0.15, 0.2) is 0 Å². The first-order valence-corrected chi connectivity index (χ1v) is 7.13. The van der Waals surface area contributed by atoms with Gasteiger partial charge >= 0.3 is 0 Å². The van der Waals surface area contributed by atoms with Crippen molar-refractivity contribution in [1.29, 1.82) is 0 Å². The Labute approximate surface area is 130 Å². The van der Waals surface area contributed by atoms with Crippen LogP contribution in [0.5, 0.6) is 5.75 Å². The molecular formula is C17H20N2O3. The maximum atomic E-state index is 12.1. The van der Waals surface area contributed by atoms with E-state index in [1.54, 1.807) is 20.1 Å². The van der Waals surface area contributed by atoms with E-state index in [1.807, 2.05) is 38.1 Å². The second-order valence-electron chi connectivity index (χ2n) is 4.91. The Balaban J connectivity index is 2.15. The van der Waals surface area contributed by atoms with Gasteiger partial charge in [0, 0.05) is 0 Å². The van der Waals surface area contributed by atoms with E-state index >= 15 is 0 Å². The first-order chi connectivity index (χ1) is 10.5. The highest BCUT2D eigenvalue weighted by atomic mass is 16.5. The van der Waals surface area contributed by atoms with Crippen LogP contribution in [0, 0.1) is 13.8 Å².